The maximum Gasteiger partial charge on any atom is 0.233 e. The van der Waals surface area contributed by atoms with Crippen molar-refractivity contribution in [2.45, 2.75) is 25.4 Å². The number of hydrogen-bond donors (Lipinski definition) is 0. The van der Waals surface area contributed by atoms with Gasteiger partial charge in [0.15, 0.2) is 0 Å². The Labute approximate surface area is 135 Å². The number of fused-ring (bicyclic) bond motifs is 1. The molecule has 1 saturated heterocycles. The van der Waals surface area contributed by atoms with Gasteiger partial charge in [0.2, 0.25) is 5.91 Å². The fourth-order valence-electron chi connectivity index (χ4n) is 3.83. The number of amides is 1. The van der Waals surface area contributed by atoms with Crippen LogP contribution in [0.4, 0.5) is 5.69 Å². The molecule has 3 atom stereocenters. The minimum Gasteiger partial charge on any atom is -0.371 e. The van der Waals surface area contributed by atoms with Crippen LogP contribution in [0.5, 0.6) is 0 Å². The largest absolute Gasteiger partial charge is 0.371 e. The fraction of sp³-hybridized carbons (Fsp3) is 0.444. The van der Waals surface area contributed by atoms with E-state index in [2.05, 4.69) is 18.1 Å². The lowest BCUT2D eigenvalue weighted by molar-refractivity contribution is -0.124. The topological polar surface area (TPSA) is 47.4 Å². The Morgan fingerprint density at radius 3 is 2.91 bits per heavy atom. The number of ether oxygens (including phenoxy) is 1. The van der Waals surface area contributed by atoms with Gasteiger partial charge in [-0.15, -0.1) is 0 Å². The van der Waals surface area contributed by atoms with Crippen LogP contribution < -0.4 is 4.90 Å². The first-order valence-electron chi connectivity index (χ1n) is 8.16. The Hall–Kier alpha value is -2.14. The zero-order valence-electron chi connectivity index (χ0n) is 13.5. The quantitative estimate of drug-likeness (QED) is 0.856. The maximum absolute atomic E-state index is 13.2. The molecule has 1 aromatic heterocycles. The first-order chi connectivity index (χ1) is 11.2. The van der Waals surface area contributed by atoms with Crippen molar-refractivity contribution in [2.75, 3.05) is 18.1 Å². The van der Waals surface area contributed by atoms with Gasteiger partial charge in [-0.3, -0.25) is 9.48 Å². The molecule has 0 N–H and O–H groups in total. The van der Waals surface area contributed by atoms with Crippen LogP contribution in [0.15, 0.2) is 36.5 Å². The lowest BCUT2D eigenvalue weighted by Crippen LogP contribution is -2.36. The Bertz CT molecular complexity index is 739. The lowest BCUT2D eigenvalue weighted by atomic mass is 9.97. The number of aromatic nitrogens is 2. The third-order valence-electron chi connectivity index (χ3n) is 5.04. The highest BCUT2D eigenvalue weighted by molar-refractivity contribution is 5.97. The van der Waals surface area contributed by atoms with E-state index in [0.29, 0.717) is 12.5 Å². The summed E-state index contributed by atoms with van der Waals surface area (Å²) in [7, 11) is 1.89. The van der Waals surface area contributed by atoms with E-state index in [1.54, 1.807) is 10.9 Å². The summed E-state index contributed by atoms with van der Waals surface area (Å²) in [6, 6.07) is 10.2. The summed E-state index contributed by atoms with van der Waals surface area (Å²) in [6.45, 7) is 3.56. The molecule has 0 spiro atoms. The van der Waals surface area contributed by atoms with Crippen molar-refractivity contribution in [1.29, 1.82) is 0 Å². The molecule has 0 aliphatic carbocycles. The van der Waals surface area contributed by atoms with E-state index in [-0.39, 0.29) is 17.9 Å². The first kappa shape index (κ1) is 14.5. The molecule has 3 heterocycles. The van der Waals surface area contributed by atoms with Crippen LogP contribution in [0.25, 0.3) is 0 Å². The van der Waals surface area contributed by atoms with Crippen molar-refractivity contribution in [1.82, 2.24) is 9.78 Å². The molecule has 5 heteroatoms. The van der Waals surface area contributed by atoms with Gasteiger partial charge in [-0.1, -0.05) is 25.1 Å². The summed E-state index contributed by atoms with van der Waals surface area (Å²) in [4.78, 5) is 15.1. The molecule has 1 aromatic carbocycles. The van der Waals surface area contributed by atoms with E-state index < -0.39 is 0 Å². The predicted molar refractivity (Wildman–Crippen MR) is 87.2 cm³/mol. The van der Waals surface area contributed by atoms with Crippen molar-refractivity contribution in [2.24, 2.45) is 13.0 Å². The van der Waals surface area contributed by atoms with Gasteiger partial charge < -0.3 is 9.64 Å². The van der Waals surface area contributed by atoms with Gasteiger partial charge in [-0.2, -0.15) is 5.10 Å². The van der Waals surface area contributed by atoms with Crippen LogP contribution in [0, 0.1) is 5.92 Å². The van der Waals surface area contributed by atoms with E-state index in [9.17, 15) is 4.79 Å². The highest BCUT2D eigenvalue weighted by Gasteiger charge is 2.41. The number of anilines is 1. The van der Waals surface area contributed by atoms with Crippen molar-refractivity contribution in [3.8, 4) is 0 Å². The van der Waals surface area contributed by atoms with E-state index in [4.69, 9.17) is 4.74 Å². The second-order valence-electron chi connectivity index (χ2n) is 6.47. The number of aryl methyl sites for hydroxylation is 1. The van der Waals surface area contributed by atoms with Crippen LogP contribution >= 0.6 is 0 Å². The Morgan fingerprint density at radius 2 is 2.13 bits per heavy atom. The normalized spacial score (nSPS) is 26.5. The standard InChI is InChI=1S/C18H21N3O2/c1-12-11-21(15-6-4-3-5-13(12)15)18(22)14-8-10-23-17(14)16-7-9-19-20(16)2/h3-7,9,12,14,17H,8,10-11H2,1-2H3/t12?,14-,17-/m1/s1. The maximum atomic E-state index is 13.2. The van der Waals surface area contributed by atoms with E-state index in [0.717, 1.165) is 24.3 Å². The summed E-state index contributed by atoms with van der Waals surface area (Å²) in [5, 5.41) is 4.21. The van der Waals surface area contributed by atoms with Crippen LogP contribution in [0.2, 0.25) is 0 Å². The van der Waals surface area contributed by atoms with Gasteiger partial charge in [0.25, 0.3) is 0 Å². The SMILES string of the molecule is CC1CN(C(=O)[C@@H]2CCO[C@H]2c2ccnn2C)c2ccccc21. The van der Waals surface area contributed by atoms with E-state index in [1.165, 1.54) is 5.56 Å². The molecule has 1 unspecified atom stereocenters. The molecular weight excluding hydrogens is 290 g/mol. The van der Waals surface area contributed by atoms with Gasteiger partial charge >= 0.3 is 0 Å². The van der Waals surface area contributed by atoms with Gasteiger partial charge in [0.1, 0.15) is 6.10 Å². The summed E-state index contributed by atoms with van der Waals surface area (Å²) >= 11 is 0. The number of nitrogens with zero attached hydrogens (tertiary/aromatic N) is 3. The molecule has 2 aliphatic heterocycles. The highest BCUT2D eigenvalue weighted by atomic mass is 16.5. The third-order valence-corrected chi connectivity index (χ3v) is 5.04. The number of carbonyl (C=O) groups excluding carboxylic acids is 1. The molecule has 120 valence electrons. The molecule has 2 aromatic rings. The Kier molecular flexibility index (Phi) is 3.45. The molecule has 0 saturated carbocycles. The summed E-state index contributed by atoms with van der Waals surface area (Å²) < 4.78 is 7.68. The number of benzene rings is 1. The van der Waals surface area contributed by atoms with Gasteiger partial charge in [-0.25, -0.2) is 0 Å². The summed E-state index contributed by atoms with van der Waals surface area (Å²) in [5.74, 6) is 0.418. The van der Waals surface area contributed by atoms with E-state index >= 15 is 0 Å². The minimum absolute atomic E-state index is 0.135. The second-order valence-corrected chi connectivity index (χ2v) is 6.47. The molecule has 1 amide bonds. The second kappa shape index (κ2) is 5.49. The molecule has 5 nitrogen and oxygen atoms in total. The first-order valence-corrected chi connectivity index (χ1v) is 8.16. The molecule has 0 radical (unpaired) electrons. The zero-order valence-corrected chi connectivity index (χ0v) is 13.5. The lowest BCUT2D eigenvalue weighted by Gasteiger charge is -2.25. The number of rotatable bonds is 2. The Morgan fingerprint density at radius 1 is 1.30 bits per heavy atom. The van der Waals surface area contributed by atoms with Gasteiger partial charge in [-0.05, 0) is 24.1 Å². The molecule has 2 aliphatic rings. The third kappa shape index (κ3) is 2.27. The predicted octanol–water partition coefficient (Wildman–Crippen LogP) is 2.65. The Balaban J connectivity index is 1.63. The average Bonchev–Trinajstić information content (AvgIpc) is 3.26. The van der Waals surface area contributed by atoms with Gasteiger partial charge in [0, 0.05) is 38.0 Å². The van der Waals surface area contributed by atoms with Crippen LogP contribution in [-0.4, -0.2) is 28.8 Å². The van der Waals surface area contributed by atoms with Crippen molar-refractivity contribution >= 4 is 11.6 Å². The summed E-state index contributed by atoms with van der Waals surface area (Å²) in [6.07, 6.45) is 2.33. The molecule has 23 heavy (non-hydrogen) atoms. The highest BCUT2D eigenvalue weighted by Crippen LogP contribution is 2.41. The smallest absolute Gasteiger partial charge is 0.233 e. The zero-order chi connectivity index (χ0) is 16.0. The van der Waals surface area contributed by atoms with Gasteiger partial charge in [0.05, 0.1) is 11.6 Å². The van der Waals surface area contributed by atoms with Crippen molar-refractivity contribution < 1.29 is 9.53 Å². The number of hydrogen-bond acceptors (Lipinski definition) is 3. The van der Waals surface area contributed by atoms with Crippen molar-refractivity contribution in [3.05, 3.63) is 47.8 Å². The number of carbonyl (C=O) groups is 1. The van der Waals surface area contributed by atoms with Crippen molar-refractivity contribution in [3.63, 3.8) is 0 Å². The van der Waals surface area contributed by atoms with Crippen LogP contribution in [0.1, 0.15) is 36.6 Å². The van der Waals surface area contributed by atoms with E-state index in [1.807, 2.05) is 36.2 Å². The van der Waals surface area contributed by atoms with Crippen LogP contribution in [-0.2, 0) is 16.6 Å². The number of para-hydroxylation sites is 1. The molecule has 0 bridgehead atoms. The molecule has 1 fully saturated rings. The monoisotopic (exact) mass is 311 g/mol. The molecular formula is C18H21N3O2. The average molecular weight is 311 g/mol. The van der Waals surface area contributed by atoms with Crippen LogP contribution in [0.3, 0.4) is 0 Å². The minimum atomic E-state index is -0.196. The molecule has 4 rings (SSSR count). The summed E-state index contributed by atoms with van der Waals surface area (Å²) in [5.41, 5.74) is 3.29. The fourth-order valence-corrected chi connectivity index (χ4v) is 3.83.